The van der Waals surface area contributed by atoms with Crippen molar-refractivity contribution in [2.24, 2.45) is 23.2 Å². The van der Waals surface area contributed by atoms with Crippen molar-refractivity contribution >= 4 is 41.3 Å². The van der Waals surface area contributed by atoms with Crippen molar-refractivity contribution < 1.29 is 38.7 Å². The molecule has 0 aromatic carbocycles. The monoisotopic (exact) mass is 697 g/mol. The standard InChI is InChI=1S/C35H51N7O8/c1-5-10-23(28(45)33(49)38-18-25(43)44)39-32(48)27-22-14-9-13-21(22)19-42(27)34(50)29(35(2,3)4)41-31(47)26(20-11-7-6-8-12-20)40-30(46)24-17-36-15-16-37-24/h15-17,20-23,26-27,29H,5-14,18-19H2,1-4H3,(H,38,49)(H,39,48)(H,40,46)(H,41,47)(H,43,44)/t21-,22-,23?,26+,27-,29+/m0/s1. The predicted octanol–water partition coefficient (Wildman–Crippen LogP) is 1.37. The van der Waals surface area contributed by atoms with Crippen molar-refractivity contribution in [2.75, 3.05) is 13.1 Å². The molecule has 1 aromatic rings. The molecular formula is C35H51N7O8. The summed E-state index contributed by atoms with van der Waals surface area (Å²) in [5.41, 5.74) is -0.721. The zero-order valence-electron chi connectivity index (χ0n) is 29.4. The van der Waals surface area contributed by atoms with Crippen LogP contribution in [0.25, 0.3) is 0 Å². The van der Waals surface area contributed by atoms with Gasteiger partial charge in [-0.1, -0.05) is 59.8 Å². The molecule has 2 aliphatic carbocycles. The molecule has 274 valence electrons. The number of nitrogens with zero attached hydrogens (tertiary/aromatic N) is 3. The zero-order valence-corrected chi connectivity index (χ0v) is 29.4. The molecule has 1 aliphatic heterocycles. The molecule has 3 aliphatic rings. The minimum Gasteiger partial charge on any atom is -0.480 e. The quantitative estimate of drug-likeness (QED) is 0.176. The van der Waals surface area contributed by atoms with Crippen LogP contribution in [0, 0.1) is 23.2 Å². The predicted molar refractivity (Wildman–Crippen MR) is 180 cm³/mol. The van der Waals surface area contributed by atoms with Crippen LogP contribution in [0.3, 0.4) is 0 Å². The molecule has 1 unspecified atom stereocenters. The van der Waals surface area contributed by atoms with Crippen LogP contribution in [0.15, 0.2) is 18.6 Å². The number of carbonyl (C=O) groups excluding carboxylic acids is 6. The second-order valence-electron chi connectivity index (χ2n) is 14.8. The highest BCUT2D eigenvalue weighted by molar-refractivity contribution is 6.38. The number of carboxylic acids is 1. The van der Waals surface area contributed by atoms with E-state index < -0.39 is 77.4 Å². The lowest BCUT2D eigenvalue weighted by Gasteiger charge is -2.38. The third-order valence-corrected chi connectivity index (χ3v) is 10.2. The number of amides is 5. The maximum absolute atomic E-state index is 14.6. The Morgan fingerprint density at radius 2 is 1.66 bits per heavy atom. The van der Waals surface area contributed by atoms with Gasteiger partial charge in [0.2, 0.25) is 23.5 Å². The van der Waals surface area contributed by atoms with Gasteiger partial charge in [0.15, 0.2) is 0 Å². The first-order valence-electron chi connectivity index (χ1n) is 17.7. The summed E-state index contributed by atoms with van der Waals surface area (Å²) < 4.78 is 0. The highest BCUT2D eigenvalue weighted by Crippen LogP contribution is 2.43. The first-order valence-corrected chi connectivity index (χ1v) is 17.7. The number of ketones is 1. The summed E-state index contributed by atoms with van der Waals surface area (Å²) in [5.74, 6) is -5.71. The van der Waals surface area contributed by atoms with Crippen molar-refractivity contribution in [3.63, 3.8) is 0 Å². The number of fused-ring (bicyclic) bond motifs is 1. The topological polar surface area (TPSA) is 217 Å². The van der Waals surface area contributed by atoms with E-state index in [-0.39, 0.29) is 29.9 Å². The maximum Gasteiger partial charge on any atom is 0.322 e. The fourth-order valence-electron chi connectivity index (χ4n) is 7.63. The van der Waals surface area contributed by atoms with Crippen LogP contribution < -0.4 is 21.3 Å². The summed E-state index contributed by atoms with van der Waals surface area (Å²) in [6, 6.07) is -4.12. The van der Waals surface area contributed by atoms with Gasteiger partial charge < -0.3 is 31.3 Å². The van der Waals surface area contributed by atoms with Crippen molar-refractivity contribution in [1.82, 2.24) is 36.1 Å². The van der Waals surface area contributed by atoms with E-state index in [1.807, 2.05) is 20.8 Å². The van der Waals surface area contributed by atoms with Crippen molar-refractivity contribution in [2.45, 2.75) is 116 Å². The molecule has 50 heavy (non-hydrogen) atoms. The molecule has 2 heterocycles. The van der Waals surface area contributed by atoms with Crippen molar-refractivity contribution in [3.05, 3.63) is 24.3 Å². The maximum atomic E-state index is 14.6. The van der Waals surface area contributed by atoms with Crippen LogP contribution in [0.4, 0.5) is 0 Å². The summed E-state index contributed by atoms with van der Waals surface area (Å²) in [4.78, 5) is 102. The van der Waals surface area contributed by atoms with Gasteiger partial charge in [0.05, 0.1) is 12.2 Å². The normalized spacial score (nSPS) is 22.4. The lowest BCUT2D eigenvalue weighted by atomic mass is 9.82. The molecule has 4 rings (SSSR count). The van der Waals surface area contributed by atoms with E-state index in [4.69, 9.17) is 5.11 Å². The number of nitrogens with one attached hydrogen (secondary N) is 4. The molecule has 15 heteroatoms. The van der Waals surface area contributed by atoms with E-state index in [9.17, 15) is 33.6 Å². The van der Waals surface area contributed by atoms with Gasteiger partial charge in [0.1, 0.15) is 30.4 Å². The fraction of sp³-hybridized carbons (Fsp3) is 0.686. The number of hydrogen-bond donors (Lipinski definition) is 5. The minimum atomic E-state index is -1.31. The second kappa shape index (κ2) is 17.0. The highest BCUT2D eigenvalue weighted by atomic mass is 16.4. The van der Waals surface area contributed by atoms with Gasteiger partial charge in [0.25, 0.3) is 11.8 Å². The van der Waals surface area contributed by atoms with E-state index in [1.165, 1.54) is 23.5 Å². The zero-order chi connectivity index (χ0) is 36.6. The molecule has 2 saturated carbocycles. The van der Waals surface area contributed by atoms with Crippen LogP contribution in [-0.4, -0.2) is 98.5 Å². The fourth-order valence-corrected chi connectivity index (χ4v) is 7.63. The van der Waals surface area contributed by atoms with Crippen LogP contribution >= 0.6 is 0 Å². The van der Waals surface area contributed by atoms with Crippen LogP contribution in [0.1, 0.15) is 102 Å². The van der Waals surface area contributed by atoms with Crippen LogP contribution in [0.2, 0.25) is 0 Å². The number of carboxylic acid groups (broad SMARTS) is 1. The molecule has 0 spiro atoms. The molecule has 6 atom stereocenters. The van der Waals surface area contributed by atoms with Crippen LogP contribution in [0.5, 0.6) is 0 Å². The highest BCUT2D eigenvalue weighted by Gasteiger charge is 2.52. The van der Waals surface area contributed by atoms with E-state index in [0.29, 0.717) is 19.4 Å². The molecule has 5 N–H and O–H groups in total. The third kappa shape index (κ3) is 9.42. The molecule has 0 radical (unpaired) electrons. The van der Waals surface area contributed by atoms with Gasteiger partial charge in [-0.3, -0.25) is 38.5 Å². The third-order valence-electron chi connectivity index (χ3n) is 10.2. The average Bonchev–Trinajstić information content (AvgIpc) is 3.69. The van der Waals surface area contributed by atoms with Gasteiger partial charge in [-0.2, -0.15) is 0 Å². The molecule has 1 aromatic heterocycles. The number of aliphatic carboxylic acids is 1. The minimum absolute atomic E-state index is 0.0477. The Morgan fingerprint density at radius 3 is 2.28 bits per heavy atom. The average molecular weight is 698 g/mol. The number of hydrogen-bond acceptors (Lipinski definition) is 9. The second-order valence-corrected chi connectivity index (χ2v) is 14.8. The number of aromatic nitrogens is 2. The Balaban J connectivity index is 1.57. The number of carbonyl (C=O) groups is 7. The Bertz CT molecular complexity index is 1430. The molecular weight excluding hydrogens is 646 g/mol. The Labute approximate surface area is 292 Å². The van der Waals surface area contributed by atoms with E-state index in [0.717, 1.165) is 44.9 Å². The SMILES string of the molecule is CCCC(NC(=O)[C@@H]1[C@H]2CCC[C@H]2CN1C(=O)[C@@H](NC(=O)[C@H](NC(=O)c1cnccn1)C1CCCCC1)C(C)(C)C)C(=O)C(=O)NCC(=O)O. The first kappa shape index (κ1) is 38.4. The van der Waals surface area contributed by atoms with Gasteiger partial charge in [0, 0.05) is 18.9 Å². The Hall–Kier alpha value is -4.43. The molecule has 5 amide bonds. The molecule has 1 saturated heterocycles. The number of Topliss-reactive ketones (excluding diaryl/α,β-unsaturated/α-hetero) is 1. The lowest BCUT2D eigenvalue weighted by molar-refractivity contribution is -0.146. The smallest absolute Gasteiger partial charge is 0.322 e. The lowest BCUT2D eigenvalue weighted by Crippen LogP contribution is -2.62. The summed E-state index contributed by atoms with van der Waals surface area (Å²) in [6.07, 6.45) is 11.5. The van der Waals surface area contributed by atoms with E-state index in [2.05, 4.69) is 31.2 Å². The number of likely N-dealkylation sites (tertiary alicyclic amines) is 1. The van der Waals surface area contributed by atoms with Gasteiger partial charge in [-0.15, -0.1) is 0 Å². The van der Waals surface area contributed by atoms with Crippen molar-refractivity contribution in [3.8, 4) is 0 Å². The summed E-state index contributed by atoms with van der Waals surface area (Å²) in [6.45, 7) is 6.80. The first-order chi connectivity index (χ1) is 23.7. The molecule has 0 bridgehead atoms. The van der Waals surface area contributed by atoms with E-state index in [1.54, 1.807) is 6.92 Å². The van der Waals surface area contributed by atoms with Crippen molar-refractivity contribution in [1.29, 1.82) is 0 Å². The number of rotatable bonds is 14. The Morgan fingerprint density at radius 1 is 0.940 bits per heavy atom. The molecule has 3 fully saturated rings. The van der Waals surface area contributed by atoms with Gasteiger partial charge in [-0.05, 0) is 55.3 Å². The summed E-state index contributed by atoms with van der Waals surface area (Å²) in [5, 5.41) is 19.5. The van der Waals surface area contributed by atoms with E-state index >= 15 is 0 Å². The summed E-state index contributed by atoms with van der Waals surface area (Å²) in [7, 11) is 0. The van der Waals surface area contributed by atoms with Gasteiger partial charge in [-0.25, -0.2) is 4.98 Å². The van der Waals surface area contributed by atoms with Crippen LogP contribution in [-0.2, 0) is 28.8 Å². The Kier molecular flexibility index (Phi) is 13.0. The van der Waals surface area contributed by atoms with Gasteiger partial charge >= 0.3 is 5.97 Å². The summed E-state index contributed by atoms with van der Waals surface area (Å²) >= 11 is 0. The molecule has 15 nitrogen and oxygen atoms in total. The largest absolute Gasteiger partial charge is 0.480 e.